The maximum absolute atomic E-state index is 5.40. The lowest BCUT2D eigenvalue weighted by Crippen LogP contribution is -2.21. The summed E-state index contributed by atoms with van der Waals surface area (Å²) in [7, 11) is 7.20. The standard InChI is InChI=1S/C21H29NO3/c1-15-12-20(24-5)16(2)11-18(15)14-22(3)10-9-17-7-8-19(23-4)21(13-17)25-6/h7-8,11-13H,9-10,14H2,1-6H3. The first-order valence-electron chi connectivity index (χ1n) is 8.52. The molecule has 136 valence electrons. The summed E-state index contributed by atoms with van der Waals surface area (Å²) in [6, 6.07) is 10.5. The van der Waals surface area contributed by atoms with Gasteiger partial charge < -0.3 is 19.1 Å². The Morgan fingerprint density at radius 3 is 2.12 bits per heavy atom. The van der Waals surface area contributed by atoms with E-state index in [2.05, 4.69) is 50.1 Å². The molecule has 0 aliphatic carbocycles. The van der Waals surface area contributed by atoms with E-state index in [9.17, 15) is 0 Å². The number of rotatable bonds is 8. The average Bonchev–Trinajstić information content (AvgIpc) is 2.62. The van der Waals surface area contributed by atoms with Gasteiger partial charge in [0.1, 0.15) is 5.75 Å². The minimum Gasteiger partial charge on any atom is -0.496 e. The van der Waals surface area contributed by atoms with E-state index in [0.717, 1.165) is 36.8 Å². The second-order valence-corrected chi connectivity index (χ2v) is 6.43. The largest absolute Gasteiger partial charge is 0.496 e. The van der Waals surface area contributed by atoms with Crippen molar-refractivity contribution in [2.45, 2.75) is 26.8 Å². The van der Waals surface area contributed by atoms with Gasteiger partial charge in [-0.15, -0.1) is 0 Å². The van der Waals surface area contributed by atoms with E-state index in [0.29, 0.717) is 0 Å². The van der Waals surface area contributed by atoms with E-state index in [1.165, 1.54) is 22.3 Å². The van der Waals surface area contributed by atoms with Crippen LogP contribution < -0.4 is 14.2 Å². The van der Waals surface area contributed by atoms with E-state index < -0.39 is 0 Å². The minimum absolute atomic E-state index is 0.768. The summed E-state index contributed by atoms with van der Waals surface area (Å²) >= 11 is 0. The number of likely N-dealkylation sites (N-methyl/N-ethyl adjacent to an activating group) is 1. The molecule has 0 saturated heterocycles. The molecular formula is C21H29NO3. The summed E-state index contributed by atoms with van der Waals surface area (Å²) in [5, 5.41) is 0. The van der Waals surface area contributed by atoms with Gasteiger partial charge in [0.05, 0.1) is 21.3 Å². The van der Waals surface area contributed by atoms with Crippen molar-refractivity contribution in [1.82, 2.24) is 4.90 Å². The Kier molecular flexibility index (Phi) is 6.71. The fraction of sp³-hybridized carbons (Fsp3) is 0.429. The van der Waals surface area contributed by atoms with Crippen molar-refractivity contribution >= 4 is 0 Å². The quantitative estimate of drug-likeness (QED) is 0.725. The Morgan fingerprint density at radius 2 is 1.48 bits per heavy atom. The van der Waals surface area contributed by atoms with Crippen LogP contribution in [0.15, 0.2) is 30.3 Å². The number of ether oxygens (including phenoxy) is 3. The number of hydrogen-bond donors (Lipinski definition) is 0. The lowest BCUT2D eigenvalue weighted by atomic mass is 10.0. The van der Waals surface area contributed by atoms with Crippen molar-refractivity contribution in [2.75, 3.05) is 34.9 Å². The molecule has 2 aromatic carbocycles. The second-order valence-electron chi connectivity index (χ2n) is 6.43. The van der Waals surface area contributed by atoms with Gasteiger partial charge in [0, 0.05) is 13.1 Å². The van der Waals surface area contributed by atoms with Gasteiger partial charge >= 0.3 is 0 Å². The number of benzene rings is 2. The number of aryl methyl sites for hydroxylation is 2. The molecule has 2 rings (SSSR count). The van der Waals surface area contributed by atoms with Crippen molar-refractivity contribution in [3.8, 4) is 17.2 Å². The highest BCUT2D eigenvalue weighted by molar-refractivity contribution is 5.43. The molecule has 0 aromatic heterocycles. The lowest BCUT2D eigenvalue weighted by molar-refractivity contribution is 0.329. The zero-order valence-corrected chi connectivity index (χ0v) is 16.2. The summed E-state index contributed by atoms with van der Waals surface area (Å²) in [5.74, 6) is 2.50. The summed E-state index contributed by atoms with van der Waals surface area (Å²) in [6.45, 7) is 6.12. The van der Waals surface area contributed by atoms with Gasteiger partial charge in [0.15, 0.2) is 11.5 Å². The highest BCUT2D eigenvalue weighted by atomic mass is 16.5. The van der Waals surface area contributed by atoms with E-state index >= 15 is 0 Å². The molecule has 0 N–H and O–H groups in total. The van der Waals surface area contributed by atoms with Crippen LogP contribution in [0.4, 0.5) is 0 Å². The third-order valence-corrected chi connectivity index (χ3v) is 4.52. The van der Waals surface area contributed by atoms with Crippen LogP contribution in [0.25, 0.3) is 0 Å². The molecule has 0 heterocycles. The van der Waals surface area contributed by atoms with Crippen molar-refractivity contribution in [3.63, 3.8) is 0 Å². The minimum atomic E-state index is 0.768. The maximum Gasteiger partial charge on any atom is 0.160 e. The fourth-order valence-corrected chi connectivity index (χ4v) is 2.97. The van der Waals surface area contributed by atoms with Crippen LogP contribution in [-0.2, 0) is 13.0 Å². The van der Waals surface area contributed by atoms with Crippen molar-refractivity contribution in [1.29, 1.82) is 0 Å². The van der Waals surface area contributed by atoms with Gasteiger partial charge in [-0.25, -0.2) is 0 Å². The molecule has 0 spiro atoms. The fourth-order valence-electron chi connectivity index (χ4n) is 2.97. The molecule has 0 amide bonds. The van der Waals surface area contributed by atoms with Crippen LogP contribution in [0.2, 0.25) is 0 Å². The summed E-state index contributed by atoms with van der Waals surface area (Å²) in [4.78, 5) is 2.34. The van der Waals surface area contributed by atoms with E-state index in [4.69, 9.17) is 14.2 Å². The normalized spacial score (nSPS) is 10.8. The molecule has 0 atom stereocenters. The molecule has 25 heavy (non-hydrogen) atoms. The van der Waals surface area contributed by atoms with Gasteiger partial charge in [-0.1, -0.05) is 12.1 Å². The molecule has 2 aromatic rings. The van der Waals surface area contributed by atoms with E-state index in [1.54, 1.807) is 21.3 Å². The number of hydrogen-bond acceptors (Lipinski definition) is 4. The summed E-state index contributed by atoms with van der Waals surface area (Å²) in [5.41, 5.74) is 5.03. The van der Waals surface area contributed by atoms with Gasteiger partial charge in [-0.3, -0.25) is 0 Å². The van der Waals surface area contributed by atoms with Crippen LogP contribution in [0.5, 0.6) is 17.2 Å². The van der Waals surface area contributed by atoms with Crippen LogP contribution >= 0.6 is 0 Å². The van der Waals surface area contributed by atoms with E-state index in [-0.39, 0.29) is 0 Å². The van der Waals surface area contributed by atoms with Crippen molar-refractivity contribution in [3.05, 3.63) is 52.6 Å². The second kappa shape index (κ2) is 8.77. The lowest BCUT2D eigenvalue weighted by Gasteiger charge is -2.19. The molecular weight excluding hydrogens is 314 g/mol. The first-order valence-corrected chi connectivity index (χ1v) is 8.52. The average molecular weight is 343 g/mol. The van der Waals surface area contributed by atoms with Crippen LogP contribution in [0, 0.1) is 13.8 Å². The van der Waals surface area contributed by atoms with Gasteiger partial charge in [0.25, 0.3) is 0 Å². The Hall–Kier alpha value is -2.20. The zero-order chi connectivity index (χ0) is 18.4. The summed E-state index contributed by atoms with van der Waals surface area (Å²) < 4.78 is 16.1. The van der Waals surface area contributed by atoms with Crippen LogP contribution in [-0.4, -0.2) is 39.8 Å². The first-order chi connectivity index (χ1) is 12.0. The number of nitrogens with zero attached hydrogens (tertiary/aromatic N) is 1. The molecule has 4 heteroatoms. The number of methoxy groups -OCH3 is 3. The maximum atomic E-state index is 5.40. The topological polar surface area (TPSA) is 30.9 Å². The summed E-state index contributed by atoms with van der Waals surface area (Å²) in [6.07, 6.45) is 0.963. The monoisotopic (exact) mass is 343 g/mol. The van der Waals surface area contributed by atoms with Crippen LogP contribution in [0.1, 0.15) is 22.3 Å². The molecule has 0 fully saturated rings. The van der Waals surface area contributed by atoms with Crippen LogP contribution in [0.3, 0.4) is 0 Å². The third-order valence-electron chi connectivity index (χ3n) is 4.52. The Balaban J connectivity index is 1.99. The SMILES string of the molecule is COc1cc(C)c(CN(C)CCc2ccc(OC)c(OC)c2)cc1C. The molecule has 0 saturated carbocycles. The van der Waals surface area contributed by atoms with Gasteiger partial charge in [-0.2, -0.15) is 0 Å². The Labute approximate surface area is 151 Å². The highest BCUT2D eigenvalue weighted by Gasteiger charge is 2.09. The van der Waals surface area contributed by atoms with Crippen molar-refractivity contribution in [2.24, 2.45) is 0 Å². The van der Waals surface area contributed by atoms with Crippen molar-refractivity contribution < 1.29 is 14.2 Å². The highest BCUT2D eigenvalue weighted by Crippen LogP contribution is 2.28. The smallest absolute Gasteiger partial charge is 0.160 e. The zero-order valence-electron chi connectivity index (χ0n) is 16.2. The first kappa shape index (κ1) is 19.1. The molecule has 0 aliphatic rings. The molecule has 4 nitrogen and oxygen atoms in total. The van der Waals surface area contributed by atoms with Gasteiger partial charge in [-0.05, 0) is 67.8 Å². The molecule has 0 aliphatic heterocycles. The Morgan fingerprint density at radius 1 is 0.800 bits per heavy atom. The molecule has 0 unspecified atom stereocenters. The molecule has 0 radical (unpaired) electrons. The third kappa shape index (κ3) is 4.89. The Bertz CT molecular complexity index is 713. The molecule has 0 bridgehead atoms. The predicted molar refractivity (Wildman–Crippen MR) is 102 cm³/mol. The predicted octanol–water partition coefficient (Wildman–Crippen LogP) is 4.00. The van der Waals surface area contributed by atoms with Gasteiger partial charge in [0.2, 0.25) is 0 Å². The van der Waals surface area contributed by atoms with E-state index in [1.807, 2.05) is 6.07 Å².